The first-order valence-electron chi connectivity index (χ1n) is 10.2. The summed E-state index contributed by atoms with van der Waals surface area (Å²) in [5.74, 6) is 2.94. The van der Waals surface area contributed by atoms with E-state index in [0.29, 0.717) is 6.54 Å². The summed E-state index contributed by atoms with van der Waals surface area (Å²) in [5, 5.41) is 6.76. The van der Waals surface area contributed by atoms with Crippen LogP contribution < -0.4 is 20.3 Å². The molecule has 2 aliphatic rings. The zero-order chi connectivity index (χ0) is 19.2. The highest BCUT2D eigenvalue weighted by molar-refractivity contribution is 14.0. The number of hydrogen-bond acceptors (Lipinski definition) is 4. The lowest BCUT2D eigenvalue weighted by atomic mass is 10.1. The summed E-state index contributed by atoms with van der Waals surface area (Å²) in [4.78, 5) is 11.3. The molecule has 0 unspecified atom stereocenters. The monoisotopic (exact) mass is 507 g/mol. The van der Waals surface area contributed by atoms with Crippen molar-refractivity contribution in [3.63, 3.8) is 0 Å². The molecule has 1 fully saturated rings. The lowest BCUT2D eigenvalue weighted by molar-refractivity contribution is 0.357. The number of aliphatic imine (C=N–C) groups is 1. The van der Waals surface area contributed by atoms with Gasteiger partial charge in [-0.3, -0.25) is 4.99 Å². The van der Waals surface area contributed by atoms with Gasteiger partial charge < -0.3 is 20.3 Å². The smallest absolute Gasteiger partial charge is 0.191 e. The number of benzene rings is 1. The first-order valence-corrected chi connectivity index (χ1v) is 10.2. The van der Waals surface area contributed by atoms with Gasteiger partial charge in [0.2, 0.25) is 0 Å². The van der Waals surface area contributed by atoms with Crippen LogP contribution in [-0.4, -0.2) is 44.2 Å². The molecular formula is C22H30IN5O. The number of fused-ring (bicyclic) bond motifs is 1. The number of nitrogens with one attached hydrogen (secondary N) is 2. The Hall–Kier alpha value is -2.03. The molecule has 1 aromatic heterocycles. The van der Waals surface area contributed by atoms with Crippen LogP contribution in [0.5, 0.6) is 5.75 Å². The van der Waals surface area contributed by atoms with Crippen molar-refractivity contribution in [2.24, 2.45) is 4.99 Å². The van der Waals surface area contributed by atoms with Crippen molar-refractivity contribution >= 4 is 35.8 Å². The normalized spacial score (nSPS) is 15.5. The molecule has 6 nitrogen and oxygen atoms in total. The van der Waals surface area contributed by atoms with Crippen LogP contribution in [0.3, 0.4) is 0 Å². The third-order valence-corrected chi connectivity index (χ3v) is 5.38. The molecule has 2 N–H and O–H groups in total. The Kier molecular flexibility index (Phi) is 7.97. The van der Waals surface area contributed by atoms with Crippen LogP contribution in [-0.2, 0) is 19.4 Å². The van der Waals surface area contributed by atoms with E-state index < -0.39 is 0 Å². The van der Waals surface area contributed by atoms with Crippen LogP contribution in [0.25, 0.3) is 0 Å². The maximum atomic E-state index is 5.57. The highest BCUT2D eigenvalue weighted by Gasteiger charge is 2.13. The van der Waals surface area contributed by atoms with Crippen LogP contribution in [0.15, 0.2) is 41.5 Å². The van der Waals surface area contributed by atoms with Gasteiger partial charge >= 0.3 is 0 Å². The Balaban J connectivity index is 0.00000240. The Morgan fingerprint density at radius 1 is 1.14 bits per heavy atom. The van der Waals surface area contributed by atoms with Gasteiger partial charge in [0.1, 0.15) is 11.6 Å². The largest absolute Gasteiger partial charge is 0.493 e. The van der Waals surface area contributed by atoms with Gasteiger partial charge in [0.05, 0.1) is 6.61 Å². The highest BCUT2D eigenvalue weighted by Crippen LogP contribution is 2.25. The zero-order valence-electron chi connectivity index (χ0n) is 17.0. The van der Waals surface area contributed by atoms with Crippen molar-refractivity contribution < 1.29 is 4.74 Å². The second-order valence-electron chi connectivity index (χ2n) is 7.36. The third kappa shape index (κ3) is 5.74. The van der Waals surface area contributed by atoms with E-state index >= 15 is 0 Å². The first-order chi connectivity index (χ1) is 13.8. The molecule has 4 rings (SSSR count). The van der Waals surface area contributed by atoms with Crippen LogP contribution >= 0.6 is 24.0 Å². The molecule has 2 aliphatic heterocycles. The summed E-state index contributed by atoms with van der Waals surface area (Å²) < 4.78 is 5.57. The first kappa shape index (κ1) is 21.7. The van der Waals surface area contributed by atoms with E-state index in [4.69, 9.17) is 4.74 Å². The minimum absolute atomic E-state index is 0. The lowest BCUT2D eigenvalue weighted by Gasteiger charge is -2.16. The molecule has 1 aromatic carbocycles. The summed E-state index contributed by atoms with van der Waals surface area (Å²) in [6.45, 7) is 4.60. The molecule has 0 spiro atoms. The van der Waals surface area contributed by atoms with Crippen molar-refractivity contribution in [1.82, 2.24) is 15.6 Å². The summed E-state index contributed by atoms with van der Waals surface area (Å²) in [6, 6.07) is 10.8. The van der Waals surface area contributed by atoms with E-state index in [1.54, 1.807) is 7.05 Å². The molecule has 1 saturated heterocycles. The second kappa shape index (κ2) is 10.7. The molecule has 0 bridgehead atoms. The Bertz CT molecular complexity index is 818. The number of anilines is 1. The average molecular weight is 507 g/mol. The van der Waals surface area contributed by atoms with Gasteiger partial charge in [-0.1, -0.05) is 18.2 Å². The van der Waals surface area contributed by atoms with Crippen molar-refractivity contribution in [2.45, 2.75) is 32.2 Å². The fourth-order valence-electron chi connectivity index (χ4n) is 3.78. The molecule has 0 atom stereocenters. The SMILES string of the molecule is CN=C(NCCc1ccc2c(c1)CCO2)NCc1ccc(N2CCCC2)nc1.I. The van der Waals surface area contributed by atoms with Crippen molar-refractivity contribution in [3.8, 4) is 5.75 Å². The van der Waals surface area contributed by atoms with E-state index in [9.17, 15) is 0 Å². The van der Waals surface area contributed by atoms with Gasteiger partial charge in [0.25, 0.3) is 0 Å². The fraction of sp³-hybridized carbons (Fsp3) is 0.455. The van der Waals surface area contributed by atoms with Gasteiger partial charge in [-0.25, -0.2) is 4.98 Å². The molecule has 0 amide bonds. The number of ether oxygens (including phenoxy) is 1. The number of hydrogen-bond donors (Lipinski definition) is 2. The van der Waals surface area contributed by atoms with E-state index in [0.717, 1.165) is 62.2 Å². The standard InChI is InChI=1S/C22H29N5O.HI/c1-23-22(24-10-8-17-4-6-20-19(14-17)9-13-28-20)26-16-18-5-7-21(25-15-18)27-11-2-3-12-27;/h4-7,14-15H,2-3,8-13,16H2,1H3,(H2,23,24,26);1H. The van der Waals surface area contributed by atoms with Crippen molar-refractivity contribution in [1.29, 1.82) is 0 Å². The quantitative estimate of drug-likeness (QED) is 0.358. The Labute approximate surface area is 190 Å². The van der Waals surface area contributed by atoms with E-state index in [-0.39, 0.29) is 24.0 Å². The highest BCUT2D eigenvalue weighted by atomic mass is 127. The summed E-state index contributed by atoms with van der Waals surface area (Å²) in [6.07, 6.45) is 6.48. The van der Waals surface area contributed by atoms with Crippen molar-refractivity contribution in [3.05, 3.63) is 53.2 Å². The fourth-order valence-corrected chi connectivity index (χ4v) is 3.78. The number of rotatable bonds is 6. The number of nitrogens with zero attached hydrogens (tertiary/aromatic N) is 3. The van der Waals surface area contributed by atoms with Crippen LogP contribution in [0, 0.1) is 0 Å². The van der Waals surface area contributed by atoms with Gasteiger partial charge in [-0.2, -0.15) is 0 Å². The summed E-state index contributed by atoms with van der Waals surface area (Å²) in [5.41, 5.74) is 3.81. The second-order valence-corrected chi connectivity index (χ2v) is 7.36. The third-order valence-electron chi connectivity index (χ3n) is 5.38. The van der Waals surface area contributed by atoms with Gasteiger partial charge in [-0.15, -0.1) is 24.0 Å². The minimum Gasteiger partial charge on any atom is -0.493 e. The van der Waals surface area contributed by atoms with Gasteiger partial charge in [0.15, 0.2) is 5.96 Å². The van der Waals surface area contributed by atoms with Crippen molar-refractivity contribution in [2.75, 3.05) is 38.2 Å². The predicted octanol–water partition coefficient (Wildman–Crippen LogP) is 3.14. The molecular weight excluding hydrogens is 477 g/mol. The van der Waals surface area contributed by atoms with Crippen LogP contribution in [0.1, 0.15) is 29.5 Å². The number of guanidine groups is 1. The number of pyridine rings is 1. The maximum Gasteiger partial charge on any atom is 0.191 e. The summed E-state index contributed by atoms with van der Waals surface area (Å²) >= 11 is 0. The summed E-state index contributed by atoms with van der Waals surface area (Å²) in [7, 11) is 1.80. The molecule has 0 aliphatic carbocycles. The van der Waals surface area contributed by atoms with E-state index in [2.05, 4.69) is 55.8 Å². The zero-order valence-corrected chi connectivity index (χ0v) is 19.3. The molecule has 29 heavy (non-hydrogen) atoms. The van der Waals surface area contributed by atoms with Gasteiger partial charge in [0, 0.05) is 45.8 Å². The van der Waals surface area contributed by atoms with E-state index in [1.165, 1.54) is 24.0 Å². The lowest BCUT2D eigenvalue weighted by Crippen LogP contribution is -2.37. The van der Waals surface area contributed by atoms with Gasteiger partial charge in [-0.05, 0) is 48.1 Å². The molecule has 2 aromatic rings. The van der Waals surface area contributed by atoms with E-state index in [1.807, 2.05) is 6.20 Å². The topological polar surface area (TPSA) is 61.8 Å². The molecule has 3 heterocycles. The van der Waals surface area contributed by atoms with Crippen LogP contribution in [0.4, 0.5) is 5.82 Å². The molecule has 156 valence electrons. The predicted molar refractivity (Wildman–Crippen MR) is 129 cm³/mol. The molecule has 7 heteroatoms. The number of halogens is 1. The number of aromatic nitrogens is 1. The molecule has 0 radical (unpaired) electrons. The van der Waals surface area contributed by atoms with Crippen LogP contribution in [0.2, 0.25) is 0 Å². The Morgan fingerprint density at radius 2 is 1.97 bits per heavy atom. The minimum atomic E-state index is 0. The molecule has 0 saturated carbocycles. The average Bonchev–Trinajstić information content (AvgIpc) is 3.42. The maximum absolute atomic E-state index is 5.57. The Morgan fingerprint density at radius 3 is 2.72 bits per heavy atom.